The van der Waals surface area contributed by atoms with Gasteiger partial charge in [-0.1, -0.05) is 0 Å². The normalized spacial score (nSPS) is 10.1. The number of nitrogens with one attached hydrogen (secondary N) is 1. The van der Waals surface area contributed by atoms with E-state index in [1.54, 1.807) is 18.5 Å². The number of hydrogen-bond donors (Lipinski definition) is 2. The minimum atomic E-state index is -1.09. The smallest absolute Gasteiger partial charge is 0.339 e. The van der Waals surface area contributed by atoms with Crippen molar-refractivity contribution in [3.05, 3.63) is 42.2 Å². The van der Waals surface area contributed by atoms with Crippen molar-refractivity contribution < 1.29 is 19.4 Å². The number of aromatic carboxylic acids is 1. The van der Waals surface area contributed by atoms with Crippen molar-refractivity contribution in [2.24, 2.45) is 0 Å². The highest BCUT2D eigenvalue weighted by Crippen LogP contribution is 2.23. The maximum Gasteiger partial charge on any atom is 0.339 e. The van der Waals surface area contributed by atoms with Gasteiger partial charge in [-0.2, -0.15) is 5.10 Å². The average Bonchev–Trinajstić information content (AvgIpc) is 2.90. The molecule has 0 bridgehead atoms. The first-order valence-corrected chi connectivity index (χ1v) is 5.79. The molecule has 2 N–H and O–H groups in total. The van der Waals surface area contributed by atoms with Crippen LogP contribution in [0.15, 0.2) is 36.7 Å². The van der Waals surface area contributed by atoms with E-state index in [9.17, 15) is 9.59 Å². The van der Waals surface area contributed by atoms with Crippen molar-refractivity contribution >= 4 is 17.6 Å². The largest absolute Gasteiger partial charge is 0.496 e. The lowest BCUT2D eigenvalue weighted by Gasteiger charge is -2.09. The van der Waals surface area contributed by atoms with Crippen molar-refractivity contribution in [1.29, 1.82) is 0 Å². The van der Waals surface area contributed by atoms with Crippen LogP contribution in [0, 0.1) is 0 Å². The van der Waals surface area contributed by atoms with E-state index >= 15 is 0 Å². The second-order valence-electron chi connectivity index (χ2n) is 3.97. The fraction of sp³-hybridized carbons (Fsp3) is 0.154. The SMILES string of the molecule is COc1cc(NC(=O)Cn2cccn2)ccc1C(=O)O. The van der Waals surface area contributed by atoms with Crippen molar-refractivity contribution in [3.8, 4) is 5.75 Å². The highest BCUT2D eigenvalue weighted by molar-refractivity contribution is 5.94. The number of rotatable bonds is 5. The highest BCUT2D eigenvalue weighted by atomic mass is 16.5. The number of anilines is 1. The van der Waals surface area contributed by atoms with Crippen LogP contribution in [0.4, 0.5) is 5.69 Å². The molecule has 0 unspecified atom stereocenters. The van der Waals surface area contributed by atoms with Crippen molar-refractivity contribution in [3.63, 3.8) is 0 Å². The number of carboxylic acid groups (broad SMARTS) is 1. The maximum atomic E-state index is 11.8. The molecule has 0 saturated carbocycles. The predicted molar refractivity (Wildman–Crippen MR) is 70.8 cm³/mol. The molecule has 0 aliphatic heterocycles. The molecule has 20 heavy (non-hydrogen) atoms. The molecule has 0 aliphatic carbocycles. The van der Waals surface area contributed by atoms with E-state index < -0.39 is 5.97 Å². The van der Waals surface area contributed by atoms with E-state index in [-0.39, 0.29) is 23.8 Å². The molecule has 0 saturated heterocycles. The van der Waals surface area contributed by atoms with Gasteiger partial charge < -0.3 is 15.2 Å². The second-order valence-corrected chi connectivity index (χ2v) is 3.97. The third-order valence-electron chi connectivity index (χ3n) is 2.58. The summed E-state index contributed by atoms with van der Waals surface area (Å²) in [5, 5.41) is 15.5. The molecule has 0 atom stereocenters. The van der Waals surface area contributed by atoms with Crippen LogP contribution in [-0.2, 0) is 11.3 Å². The first-order valence-electron chi connectivity index (χ1n) is 5.79. The number of benzene rings is 1. The summed E-state index contributed by atoms with van der Waals surface area (Å²) in [4.78, 5) is 22.7. The number of carboxylic acids is 1. The number of ether oxygens (including phenoxy) is 1. The number of methoxy groups -OCH3 is 1. The van der Waals surface area contributed by atoms with Crippen LogP contribution in [0.3, 0.4) is 0 Å². The minimum absolute atomic E-state index is 0.0394. The Balaban J connectivity index is 2.09. The summed E-state index contributed by atoms with van der Waals surface area (Å²) < 4.78 is 6.47. The van der Waals surface area contributed by atoms with Crippen molar-refractivity contribution in [2.45, 2.75) is 6.54 Å². The molecule has 1 aromatic carbocycles. The lowest BCUT2D eigenvalue weighted by Crippen LogP contribution is -2.19. The van der Waals surface area contributed by atoms with E-state index in [0.717, 1.165) is 0 Å². The van der Waals surface area contributed by atoms with E-state index in [0.29, 0.717) is 5.69 Å². The van der Waals surface area contributed by atoms with Crippen molar-refractivity contribution in [1.82, 2.24) is 9.78 Å². The molecule has 1 heterocycles. The lowest BCUT2D eigenvalue weighted by molar-refractivity contribution is -0.116. The fourth-order valence-electron chi connectivity index (χ4n) is 1.69. The zero-order valence-corrected chi connectivity index (χ0v) is 10.7. The third kappa shape index (κ3) is 3.14. The molecule has 1 amide bonds. The van der Waals surface area contributed by atoms with Gasteiger partial charge in [0.2, 0.25) is 5.91 Å². The fourth-order valence-corrected chi connectivity index (χ4v) is 1.69. The number of hydrogen-bond acceptors (Lipinski definition) is 4. The van der Waals surface area contributed by atoms with E-state index in [1.165, 1.54) is 30.0 Å². The Morgan fingerprint density at radius 2 is 2.25 bits per heavy atom. The van der Waals surface area contributed by atoms with Crippen LogP contribution < -0.4 is 10.1 Å². The molecule has 7 nitrogen and oxygen atoms in total. The molecule has 2 rings (SSSR count). The monoisotopic (exact) mass is 275 g/mol. The van der Waals surface area contributed by atoms with Gasteiger partial charge in [-0.05, 0) is 18.2 Å². The summed E-state index contributed by atoms with van der Waals surface area (Å²) in [5.41, 5.74) is 0.501. The Labute approximate surface area is 114 Å². The van der Waals surface area contributed by atoms with E-state index in [4.69, 9.17) is 9.84 Å². The zero-order chi connectivity index (χ0) is 14.5. The summed E-state index contributed by atoms with van der Waals surface area (Å²) >= 11 is 0. The highest BCUT2D eigenvalue weighted by Gasteiger charge is 2.12. The molecular weight excluding hydrogens is 262 g/mol. The zero-order valence-electron chi connectivity index (χ0n) is 10.7. The number of aromatic nitrogens is 2. The van der Waals surface area contributed by atoms with Gasteiger partial charge in [0.05, 0.1) is 7.11 Å². The van der Waals surface area contributed by atoms with Crippen LogP contribution in [0.2, 0.25) is 0 Å². The molecule has 104 valence electrons. The van der Waals surface area contributed by atoms with Gasteiger partial charge in [0.25, 0.3) is 0 Å². The Kier molecular flexibility index (Phi) is 3.99. The van der Waals surface area contributed by atoms with Crippen molar-refractivity contribution in [2.75, 3.05) is 12.4 Å². The molecule has 0 spiro atoms. The summed E-state index contributed by atoms with van der Waals surface area (Å²) in [6.45, 7) is 0.0794. The maximum absolute atomic E-state index is 11.8. The number of nitrogens with zero attached hydrogens (tertiary/aromatic N) is 2. The molecule has 7 heteroatoms. The van der Waals surface area contributed by atoms with Gasteiger partial charge in [0.15, 0.2) is 0 Å². The summed E-state index contributed by atoms with van der Waals surface area (Å²) in [7, 11) is 1.37. The molecule has 0 fully saturated rings. The van der Waals surface area contributed by atoms with Crippen LogP contribution in [0.5, 0.6) is 5.75 Å². The molecule has 0 aliphatic rings. The Morgan fingerprint density at radius 1 is 1.45 bits per heavy atom. The topological polar surface area (TPSA) is 93.5 Å². The quantitative estimate of drug-likeness (QED) is 0.856. The van der Waals surface area contributed by atoms with Crippen LogP contribution in [0.25, 0.3) is 0 Å². The molecule has 2 aromatic rings. The lowest BCUT2D eigenvalue weighted by atomic mass is 10.2. The molecule has 1 aromatic heterocycles. The third-order valence-corrected chi connectivity index (χ3v) is 2.58. The average molecular weight is 275 g/mol. The van der Waals surface area contributed by atoms with Gasteiger partial charge in [-0.25, -0.2) is 4.79 Å². The first kappa shape index (κ1) is 13.6. The Bertz CT molecular complexity index is 623. The van der Waals surface area contributed by atoms with Crippen LogP contribution >= 0.6 is 0 Å². The Morgan fingerprint density at radius 3 is 2.85 bits per heavy atom. The first-order chi connectivity index (χ1) is 9.60. The van der Waals surface area contributed by atoms with Gasteiger partial charge in [0, 0.05) is 24.1 Å². The van der Waals surface area contributed by atoms with Gasteiger partial charge in [0.1, 0.15) is 17.9 Å². The van der Waals surface area contributed by atoms with Gasteiger partial charge in [-0.3, -0.25) is 9.48 Å². The molecular formula is C13H13N3O4. The van der Waals surface area contributed by atoms with Crippen LogP contribution in [0.1, 0.15) is 10.4 Å². The molecule has 0 radical (unpaired) electrons. The summed E-state index contributed by atoms with van der Waals surface area (Å²) in [5.74, 6) is -1.16. The van der Waals surface area contributed by atoms with Gasteiger partial charge in [-0.15, -0.1) is 0 Å². The predicted octanol–water partition coefficient (Wildman–Crippen LogP) is 1.23. The van der Waals surface area contributed by atoms with Crippen LogP contribution in [-0.4, -0.2) is 33.9 Å². The standard InChI is InChI=1S/C13H13N3O4/c1-20-11-7-9(3-4-10(11)13(18)19)15-12(17)8-16-6-2-5-14-16/h2-7H,8H2,1H3,(H,15,17)(H,18,19). The summed E-state index contributed by atoms with van der Waals surface area (Å²) in [6, 6.07) is 6.07. The minimum Gasteiger partial charge on any atom is -0.496 e. The van der Waals surface area contributed by atoms with Gasteiger partial charge >= 0.3 is 5.97 Å². The number of amides is 1. The Hall–Kier alpha value is -2.83. The van der Waals surface area contributed by atoms with E-state index in [2.05, 4.69) is 10.4 Å². The number of carbonyl (C=O) groups is 2. The second kappa shape index (κ2) is 5.87. The van der Waals surface area contributed by atoms with E-state index in [1.807, 2.05) is 0 Å². The number of carbonyl (C=O) groups excluding carboxylic acids is 1. The summed E-state index contributed by atoms with van der Waals surface area (Å²) in [6.07, 6.45) is 3.26.